The average Bonchev–Trinajstić information content (AvgIpc) is 2.67. The maximum Gasteiger partial charge on any atom is 0.251 e. The molecule has 4 N–H and O–H groups in total. The molecule has 6 nitrogen and oxygen atoms in total. The molecular weight excluding hydrogens is 250 g/mol. The number of phenols is 1. The lowest BCUT2D eigenvalue weighted by Crippen LogP contribution is -2.47. The van der Waals surface area contributed by atoms with E-state index in [9.17, 15) is 9.90 Å². The zero-order valence-corrected chi connectivity index (χ0v) is 10.1. The highest BCUT2D eigenvalue weighted by Crippen LogP contribution is 2.21. The number of hydrogen-bond acceptors (Lipinski definition) is 5. The molecule has 0 bridgehead atoms. The minimum Gasteiger partial charge on any atom is -0.508 e. The fourth-order valence-corrected chi connectivity index (χ4v) is 1.96. The van der Waals surface area contributed by atoms with E-state index in [1.807, 2.05) is 0 Å². The summed E-state index contributed by atoms with van der Waals surface area (Å²) in [5.74, 6) is -0.389. The second-order valence-electron chi connectivity index (χ2n) is 4.36. The van der Waals surface area contributed by atoms with Gasteiger partial charge in [-0.15, -0.1) is 0 Å². The van der Waals surface area contributed by atoms with Gasteiger partial charge in [0.25, 0.3) is 5.91 Å². The SMILES string of the molecule is [CH][C@@H]1O[C@H](CO)[C@H](O)C1NC(=O)c1ccc(O)cc1. The molecule has 1 amide bonds. The first-order valence-electron chi connectivity index (χ1n) is 5.83. The molecule has 0 saturated carbocycles. The van der Waals surface area contributed by atoms with Crippen molar-refractivity contribution in [1.82, 2.24) is 5.32 Å². The highest BCUT2D eigenvalue weighted by atomic mass is 16.5. The number of aliphatic hydroxyl groups is 2. The van der Waals surface area contributed by atoms with Gasteiger partial charge < -0.3 is 25.4 Å². The summed E-state index contributed by atoms with van der Waals surface area (Å²) in [6, 6.07) is 4.86. The van der Waals surface area contributed by atoms with E-state index in [1.165, 1.54) is 24.3 Å². The number of carbonyl (C=O) groups is 1. The second kappa shape index (κ2) is 5.56. The largest absolute Gasteiger partial charge is 0.508 e. The summed E-state index contributed by atoms with van der Waals surface area (Å²) in [6.07, 6.45) is -2.76. The molecule has 4 atom stereocenters. The van der Waals surface area contributed by atoms with Crippen LogP contribution >= 0.6 is 0 Å². The lowest BCUT2D eigenvalue weighted by Gasteiger charge is -2.19. The van der Waals surface area contributed by atoms with Crippen LogP contribution < -0.4 is 5.32 Å². The molecule has 0 spiro atoms. The topological polar surface area (TPSA) is 99.0 Å². The highest BCUT2D eigenvalue weighted by Gasteiger charge is 2.41. The van der Waals surface area contributed by atoms with Crippen LogP contribution in [-0.4, -0.2) is 52.2 Å². The summed E-state index contributed by atoms with van der Waals surface area (Å²) in [4.78, 5) is 11.9. The maximum atomic E-state index is 11.9. The van der Waals surface area contributed by atoms with Gasteiger partial charge in [-0.3, -0.25) is 4.79 Å². The number of aliphatic hydroxyl groups excluding tert-OH is 2. The summed E-state index contributed by atoms with van der Waals surface area (Å²) < 4.78 is 5.11. The minimum atomic E-state index is -1.07. The van der Waals surface area contributed by atoms with E-state index in [-0.39, 0.29) is 12.4 Å². The Kier molecular flexibility index (Phi) is 4.04. The molecule has 19 heavy (non-hydrogen) atoms. The third-order valence-electron chi connectivity index (χ3n) is 3.04. The van der Waals surface area contributed by atoms with E-state index in [1.54, 1.807) is 0 Å². The molecule has 1 aliphatic rings. The Balaban J connectivity index is 2.04. The Labute approximate surface area is 110 Å². The van der Waals surface area contributed by atoms with Crippen molar-refractivity contribution in [2.24, 2.45) is 0 Å². The van der Waals surface area contributed by atoms with Gasteiger partial charge in [0.05, 0.1) is 18.8 Å². The van der Waals surface area contributed by atoms with Gasteiger partial charge in [0.15, 0.2) is 0 Å². The van der Waals surface area contributed by atoms with Gasteiger partial charge in [-0.2, -0.15) is 0 Å². The van der Waals surface area contributed by atoms with Crippen LogP contribution in [0.4, 0.5) is 0 Å². The molecule has 0 aromatic heterocycles. The molecule has 1 unspecified atom stereocenters. The van der Waals surface area contributed by atoms with Crippen molar-refractivity contribution in [3.05, 3.63) is 36.8 Å². The number of aromatic hydroxyl groups is 1. The van der Waals surface area contributed by atoms with E-state index >= 15 is 0 Å². The lowest BCUT2D eigenvalue weighted by atomic mass is 10.0. The summed E-state index contributed by atoms with van der Waals surface area (Å²) in [6.45, 7) is 5.26. The van der Waals surface area contributed by atoms with Gasteiger partial charge in [-0.1, -0.05) is 0 Å². The lowest BCUT2D eigenvalue weighted by molar-refractivity contribution is -0.0114. The van der Waals surface area contributed by atoms with E-state index in [0.717, 1.165) is 0 Å². The monoisotopic (exact) mass is 265 g/mol. The van der Waals surface area contributed by atoms with E-state index < -0.39 is 30.3 Å². The van der Waals surface area contributed by atoms with E-state index in [4.69, 9.17) is 21.9 Å². The van der Waals surface area contributed by atoms with Gasteiger partial charge in [-0.25, -0.2) is 0 Å². The zero-order chi connectivity index (χ0) is 14.0. The molecule has 1 aliphatic heterocycles. The van der Waals surface area contributed by atoms with Crippen LogP contribution in [-0.2, 0) is 4.74 Å². The van der Waals surface area contributed by atoms with Crippen molar-refractivity contribution < 1.29 is 24.9 Å². The van der Waals surface area contributed by atoms with Crippen LogP contribution in [0.1, 0.15) is 10.4 Å². The number of nitrogens with one attached hydrogen (secondary N) is 1. The van der Waals surface area contributed by atoms with Crippen molar-refractivity contribution in [3.63, 3.8) is 0 Å². The van der Waals surface area contributed by atoms with E-state index in [2.05, 4.69) is 5.32 Å². The fourth-order valence-electron chi connectivity index (χ4n) is 1.96. The number of amides is 1. The smallest absolute Gasteiger partial charge is 0.251 e. The van der Waals surface area contributed by atoms with Gasteiger partial charge in [0.2, 0.25) is 0 Å². The van der Waals surface area contributed by atoms with Gasteiger partial charge in [0.1, 0.15) is 18.0 Å². The van der Waals surface area contributed by atoms with Crippen molar-refractivity contribution in [2.45, 2.75) is 24.4 Å². The van der Waals surface area contributed by atoms with Crippen molar-refractivity contribution in [3.8, 4) is 5.75 Å². The summed E-state index contributed by atoms with van der Waals surface area (Å²) >= 11 is 0. The minimum absolute atomic E-state index is 0.0535. The predicted octanol–water partition coefficient (Wildman–Crippen LogP) is -0.678. The molecule has 2 rings (SSSR count). The maximum absolute atomic E-state index is 11.9. The number of rotatable bonds is 3. The third-order valence-corrected chi connectivity index (χ3v) is 3.04. The first-order valence-corrected chi connectivity index (χ1v) is 5.83. The van der Waals surface area contributed by atoms with Crippen molar-refractivity contribution in [2.75, 3.05) is 6.61 Å². The molecular formula is C13H15NO5. The molecule has 6 heteroatoms. The Bertz CT molecular complexity index is 447. The highest BCUT2D eigenvalue weighted by molar-refractivity contribution is 5.94. The molecule has 2 radical (unpaired) electrons. The number of hydrogen-bond donors (Lipinski definition) is 4. The number of benzene rings is 1. The number of ether oxygens (including phenoxy) is 1. The first-order chi connectivity index (χ1) is 9.02. The van der Waals surface area contributed by atoms with Crippen LogP contribution in [0.5, 0.6) is 5.75 Å². The molecule has 1 fully saturated rings. The van der Waals surface area contributed by atoms with Crippen LogP contribution in [0.3, 0.4) is 0 Å². The van der Waals surface area contributed by atoms with Gasteiger partial charge in [-0.05, 0) is 31.2 Å². The first kappa shape index (κ1) is 13.8. The third kappa shape index (κ3) is 2.86. The second-order valence-corrected chi connectivity index (χ2v) is 4.36. The summed E-state index contributed by atoms with van der Waals surface area (Å²) in [5, 5.41) is 30.5. The summed E-state index contributed by atoms with van der Waals surface area (Å²) in [5.41, 5.74) is 0.324. The van der Waals surface area contributed by atoms with E-state index in [0.29, 0.717) is 5.56 Å². The quantitative estimate of drug-likeness (QED) is 0.580. The van der Waals surface area contributed by atoms with Crippen LogP contribution in [0.2, 0.25) is 0 Å². The summed E-state index contributed by atoms with van der Waals surface area (Å²) in [7, 11) is 0. The molecule has 1 aromatic rings. The normalized spacial score (nSPS) is 30.3. The Hall–Kier alpha value is -1.63. The molecule has 1 saturated heterocycles. The van der Waals surface area contributed by atoms with Crippen LogP contribution in [0.25, 0.3) is 0 Å². The number of phenolic OH excluding ortho intramolecular Hbond substituents is 1. The van der Waals surface area contributed by atoms with Gasteiger partial charge >= 0.3 is 0 Å². The average molecular weight is 265 g/mol. The fraction of sp³-hybridized carbons (Fsp3) is 0.385. The van der Waals surface area contributed by atoms with Crippen molar-refractivity contribution >= 4 is 5.91 Å². The molecule has 0 aliphatic carbocycles. The zero-order valence-electron chi connectivity index (χ0n) is 10.1. The van der Waals surface area contributed by atoms with Crippen LogP contribution in [0.15, 0.2) is 24.3 Å². The Morgan fingerprint density at radius 1 is 1.37 bits per heavy atom. The van der Waals surface area contributed by atoms with Crippen LogP contribution in [0, 0.1) is 6.92 Å². The standard InChI is InChI=1S/C13H15NO5/c1-7-11(12(17)10(6-15)19-7)14-13(18)8-2-4-9(16)5-3-8/h1-5,7,10-12,15-17H,6H2,(H,14,18)/t7-,10+,11?,12-/m0/s1. The molecule has 1 aromatic carbocycles. The predicted molar refractivity (Wildman–Crippen MR) is 65.4 cm³/mol. The number of carbonyl (C=O) groups excluding carboxylic acids is 1. The molecule has 1 heterocycles. The Morgan fingerprint density at radius 3 is 2.53 bits per heavy atom. The molecule has 102 valence electrons. The van der Waals surface area contributed by atoms with Gasteiger partial charge in [0, 0.05) is 5.56 Å². The Morgan fingerprint density at radius 2 is 2.00 bits per heavy atom. The van der Waals surface area contributed by atoms with Crippen molar-refractivity contribution in [1.29, 1.82) is 0 Å².